The number of hydrogen-bond donors (Lipinski definition) is 2. The van der Waals surface area contributed by atoms with Gasteiger partial charge in [0.25, 0.3) is 0 Å². The van der Waals surface area contributed by atoms with Gasteiger partial charge in [0.2, 0.25) is 0 Å². The zero-order chi connectivity index (χ0) is 13.8. The molecule has 0 unspecified atom stereocenters. The van der Waals surface area contributed by atoms with E-state index in [1.165, 1.54) is 16.8 Å². The quantitative estimate of drug-likeness (QED) is 0.892. The van der Waals surface area contributed by atoms with Crippen molar-refractivity contribution in [3.8, 4) is 0 Å². The Bertz CT molecular complexity index is 576. The van der Waals surface area contributed by atoms with Crippen molar-refractivity contribution in [2.45, 2.75) is 19.6 Å². The Hall–Kier alpha value is -1.91. The lowest BCUT2D eigenvalue weighted by molar-refractivity contribution is 0.260. The summed E-state index contributed by atoms with van der Waals surface area (Å²) in [4.78, 5) is 2.37. The minimum absolute atomic E-state index is 0.0134. The lowest BCUT2D eigenvalue weighted by atomic mass is 10.1. The summed E-state index contributed by atoms with van der Waals surface area (Å²) >= 11 is 0. The van der Waals surface area contributed by atoms with Gasteiger partial charge in [-0.1, -0.05) is 42.5 Å². The van der Waals surface area contributed by atoms with Crippen molar-refractivity contribution in [3.63, 3.8) is 0 Å². The first-order chi connectivity index (χ1) is 9.86. The molecule has 1 aromatic carbocycles. The van der Waals surface area contributed by atoms with Crippen molar-refractivity contribution in [1.29, 1.82) is 0 Å². The van der Waals surface area contributed by atoms with E-state index in [2.05, 4.69) is 39.4 Å². The normalized spacial score (nSPS) is 15.7. The molecular formula is C16H19N3O. The van der Waals surface area contributed by atoms with E-state index in [0.717, 1.165) is 31.7 Å². The number of aliphatic hydroxyl groups excluding tert-OH is 1. The third kappa shape index (κ3) is 2.81. The second kappa shape index (κ2) is 6.03. The van der Waals surface area contributed by atoms with E-state index in [4.69, 9.17) is 0 Å². The van der Waals surface area contributed by atoms with E-state index >= 15 is 0 Å². The van der Waals surface area contributed by atoms with E-state index in [-0.39, 0.29) is 6.61 Å². The lowest BCUT2D eigenvalue weighted by Gasteiger charge is -2.25. The predicted molar refractivity (Wildman–Crippen MR) is 79.0 cm³/mol. The summed E-state index contributed by atoms with van der Waals surface area (Å²) in [5.74, 6) is 0. The van der Waals surface area contributed by atoms with Crippen molar-refractivity contribution in [2.24, 2.45) is 0 Å². The number of H-pyrrole nitrogens is 1. The number of benzene rings is 1. The minimum atomic E-state index is 0.0134. The molecule has 104 valence electrons. The van der Waals surface area contributed by atoms with Gasteiger partial charge in [0.05, 0.1) is 12.3 Å². The Morgan fingerprint density at radius 2 is 2.15 bits per heavy atom. The molecule has 20 heavy (non-hydrogen) atoms. The lowest BCUT2D eigenvalue weighted by Crippen LogP contribution is -2.30. The Morgan fingerprint density at radius 1 is 1.30 bits per heavy atom. The average Bonchev–Trinajstić information content (AvgIpc) is 2.91. The number of nitrogens with zero attached hydrogens (tertiary/aromatic N) is 2. The molecule has 0 atom stereocenters. The van der Waals surface area contributed by atoms with Crippen LogP contribution < -0.4 is 0 Å². The number of rotatable bonds is 4. The molecule has 0 saturated heterocycles. The van der Waals surface area contributed by atoms with Crippen LogP contribution in [0.5, 0.6) is 0 Å². The number of nitrogens with one attached hydrogen (secondary N) is 1. The molecule has 4 heteroatoms. The van der Waals surface area contributed by atoms with E-state index in [1.807, 2.05) is 18.2 Å². The van der Waals surface area contributed by atoms with Gasteiger partial charge in [0, 0.05) is 37.3 Å². The molecule has 3 rings (SSSR count). The molecule has 1 aliphatic rings. The van der Waals surface area contributed by atoms with Crippen LogP contribution in [0, 0.1) is 0 Å². The van der Waals surface area contributed by atoms with Crippen LogP contribution >= 0.6 is 0 Å². The summed E-state index contributed by atoms with van der Waals surface area (Å²) in [6.07, 6.45) is 5.32. The van der Waals surface area contributed by atoms with Crippen LogP contribution in [-0.4, -0.2) is 33.3 Å². The highest BCUT2D eigenvalue weighted by Crippen LogP contribution is 2.20. The van der Waals surface area contributed by atoms with Crippen molar-refractivity contribution >= 4 is 6.08 Å². The zero-order valence-electron chi connectivity index (χ0n) is 11.4. The highest BCUT2D eigenvalue weighted by Gasteiger charge is 2.20. The third-order valence-electron chi connectivity index (χ3n) is 3.72. The maximum atomic E-state index is 9.28. The molecule has 2 heterocycles. The molecule has 1 aromatic heterocycles. The van der Waals surface area contributed by atoms with Gasteiger partial charge in [-0.3, -0.25) is 10.00 Å². The van der Waals surface area contributed by atoms with Gasteiger partial charge in [0.15, 0.2) is 0 Å². The van der Waals surface area contributed by atoms with Crippen LogP contribution in [0.2, 0.25) is 0 Å². The fourth-order valence-electron chi connectivity index (χ4n) is 2.60. The summed E-state index contributed by atoms with van der Waals surface area (Å²) in [6, 6.07) is 10.3. The second-order valence-corrected chi connectivity index (χ2v) is 5.08. The van der Waals surface area contributed by atoms with Gasteiger partial charge < -0.3 is 5.11 Å². The highest BCUT2D eigenvalue weighted by atomic mass is 16.3. The van der Waals surface area contributed by atoms with E-state index < -0.39 is 0 Å². The van der Waals surface area contributed by atoms with Crippen LogP contribution in [0.15, 0.2) is 36.4 Å². The molecule has 4 nitrogen and oxygen atoms in total. The molecule has 0 bridgehead atoms. The summed E-state index contributed by atoms with van der Waals surface area (Å²) in [7, 11) is 0. The number of aromatic amines is 1. The first kappa shape index (κ1) is 13.1. The SMILES string of the molecule is OCc1n[nH]c2c1CN(CC=Cc1ccccc1)CC2. The molecule has 0 spiro atoms. The first-order valence-corrected chi connectivity index (χ1v) is 6.96. The van der Waals surface area contributed by atoms with Gasteiger partial charge in [-0.25, -0.2) is 0 Å². The van der Waals surface area contributed by atoms with Gasteiger partial charge in [-0.05, 0) is 5.56 Å². The van der Waals surface area contributed by atoms with Crippen molar-refractivity contribution in [1.82, 2.24) is 15.1 Å². The Morgan fingerprint density at radius 3 is 2.95 bits per heavy atom. The highest BCUT2D eigenvalue weighted by molar-refractivity contribution is 5.48. The smallest absolute Gasteiger partial charge is 0.0924 e. The van der Waals surface area contributed by atoms with E-state index in [1.54, 1.807) is 0 Å². The van der Waals surface area contributed by atoms with Crippen LogP contribution in [0.4, 0.5) is 0 Å². The van der Waals surface area contributed by atoms with E-state index in [0.29, 0.717) is 0 Å². The molecular weight excluding hydrogens is 250 g/mol. The van der Waals surface area contributed by atoms with Gasteiger partial charge in [0.1, 0.15) is 0 Å². The Kier molecular flexibility index (Phi) is 3.95. The first-order valence-electron chi connectivity index (χ1n) is 6.96. The second-order valence-electron chi connectivity index (χ2n) is 5.08. The molecule has 2 aromatic rings. The van der Waals surface area contributed by atoms with Crippen LogP contribution in [0.3, 0.4) is 0 Å². The third-order valence-corrected chi connectivity index (χ3v) is 3.72. The summed E-state index contributed by atoms with van der Waals surface area (Å²) in [5, 5.41) is 16.5. The van der Waals surface area contributed by atoms with Crippen molar-refractivity contribution in [2.75, 3.05) is 13.1 Å². The molecule has 0 fully saturated rings. The molecule has 0 radical (unpaired) electrons. The summed E-state index contributed by atoms with van der Waals surface area (Å²) in [6.45, 7) is 2.82. The van der Waals surface area contributed by atoms with Gasteiger partial charge >= 0.3 is 0 Å². The molecule has 0 amide bonds. The van der Waals surface area contributed by atoms with Crippen molar-refractivity contribution < 1.29 is 5.11 Å². The standard InChI is InChI=1S/C16H19N3O/c20-12-16-14-11-19(10-8-15(14)17-18-16)9-4-7-13-5-2-1-3-6-13/h1-7,20H,8-12H2,(H,17,18). The predicted octanol–water partition coefficient (Wildman–Crippen LogP) is 1.97. The fourth-order valence-corrected chi connectivity index (χ4v) is 2.60. The number of fused-ring (bicyclic) bond motifs is 1. The monoisotopic (exact) mass is 269 g/mol. The minimum Gasteiger partial charge on any atom is -0.390 e. The Balaban J connectivity index is 1.61. The van der Waals surface area contributed by atoms with Crippen LogP contribution in [0.1, 0.15) is 22.5 Å². The van der Waals surface area contributed by atoms with Crippen LogP contribution in [-0.2, 0) is 19.6 Å². The van der Waals surface area contributed by atoms with Gasteiger partial charge in [-0.15, -0.1) is 0 Å². The van der Waals surface area contributed by atoms with Crippen molar-refractivity contribution in [3.05, 3.63) is 58.9 Å². The molecule has 0 aliphatic carbocycles. The van der Waals surface area contributed by atoms with Gasteiger partial charge in [-0.2, -0.15) is 5.10 Å². The average molecular weight is 269 g/mol. The zero-order valence-corrected chi connectivity index (χ0v) is 11.4. The fraction of sp³-hybridized carbons (Fsp3) is 0.312. The summed E-state index contributed by atoms with van der Waals surface area (Å²) in [5.41, 5.74) is 4.37. The molecule has 2 N–H and O–H groups in total. The Labute approximate surface area is 118 Å². The molecule has 1 aliphatic heterocycles. The maximum absolute atomic E-state index is 9.28. The van der Waals surface area contributed by atoms with Crippen LogP contribution in [0.25, 0.3) is 6.08 Å². The largest absolute Gasteiger partial charge is 0.390 e. The topological polar surface area (TPSA) is 52.2 Å². The number of hydrogen-bond acceptors (Lipinski definition) is 3. The van der Waals surface area contributed by atoms with E-state index in [9.17, 15) is 5.11 Å². The molecule has 0 saturated carbocycles. The maximum Gasteiger partial charge on any atom is 0.0924 e. The number of aliphatic hydroxyl groups is 1. The summed E-state index contributed by atoms with van der Waals surface area (Å²) < 4.78 is 0. The number of aromatic nitrogens is 2.